The van der Waals surface area contributed by atoms with Gasteiger partial charge >= 0.3 is 6.18 Å². The van der Waals surface area contributed by atoms with Crippen molar-refractivity contribution >= 4 is 5.69 Å². The monoisotopic (exact) mass is 333 g/mol. The third kappa shape index (κ3) is 3.12. The average Bonchev–Trinajstić information content (AvgIpc) is 3.04. The van der Waals surface area contributed by atoms with Crippen LogP contribution in [0.3, 0.4) is 0 Å². The normalized spacial score (nSPS) is 11.5. The van der Waals surface area contributed by atoms with Crippen LogP contribution in [0, 0.1) is 16.3 Å². The maximum Gasteiger partial charge on any atom is 0.416 e. The molecule has 0 aliphatic carbocycles. The van der Waals surface area contributed by atoms with Gasteiger partial charge < -0.3 is 4.42 Å². The third-order valence-corrected chi connectivity index (χ3v) is 3.24. The minimum absolute atomic E-state index is 0.0743. The van der Waals surface area contributed by atoms with Gasteiger partial charge in [0, 0.05) is 23.3 Å². The van der Waals surface area contributed by atoms with Gasteiger partial charge in [-0.15, -0.1) is 0 Å². The summed E-state index contributed by atoms with van der Waals surface area (Å²) in [6.45, 7) is 0. The number of hydrogen-bond acceptors (Lipinski definition) is 4. The molecule has 1 radical (unpaired) electrons. The van der Waals surface area contributed by atoms with Crippen LogP contribution in [0.1, 0.15) is 5.56 Å². The maximum atomic E-state index is 12.6. The van der Waals surface area contributed by atoms with E-state index in [1.807, 2.05) is 0 Å². The van der Waals surface area contributed by atoms with Crippen molar-refractivity contribution in [1.82, 2.24) is 4.98 Å². The van der Waals surface area contributed by atoms with Crippen molar-refractivity contribution < 1.29 is 22.5 Å². The van der Waals surface area contributed by atoms with Gasteiger partial charge in [-0.2, -0.15) is 13.2 Å². The van der Waals surface area contributed by atoms with Gasteiger partial charge in [-0.1, -0.05) is 12.1 Å². The van der Waals surface area contributed by atoms with Crippen molar-refractivity contribution in [2.24, 2.45) is 0 Å². The van der Waals surface area contributed by atoms with Crippen molar-refractivity contribution in [2.45, 2.75) is 6.18 Å². The summed E-state index contributed by atoms with van der Waals surface area (Å²) in [6, 6.07) is 10.0. The second-order valence-corrected chi connectivity index (χ2v) is 4.84. The van der Waals surface area contributed by atoms with Crippen LogP contribution in [0.4, 0.5) is 18.9 Å². The van der Waals surface area contributed by atoms with Gasteiger partial charge in [-0.05, 0) is 24.3 Å². The number of oxazole rings is 1. The van der Waals surface area contributed by atoms with Crippen LogP contribution in [-0.4, -0.2) is 9.91 Å². The number of alkyl halides is 3. The first kappa shape index (κ1) is 15.7. The molecule has 0 aliphatic heterocycles. The molecular weight excluding hydrogens is 325 g/mol. The van der Waals surface area contributed by atoms with Crippen molar-refractivity contribution in [1.29, 1.82) is 0 Å². The number of hydrogen-bond donors (Lipinski definition) is 0. The van der Waals surface area contributed by atoms with E-state index in [1.165, 1.54) is 30.3 Å². The highest BCUT2D eigenvalue weighted by molar-refractivity contribution is 5.63. The lowest BCUT2D eigenvalue weighted by Crippen LogP contribution is -2.03. The van der Waals surface area contributed by atoms with Gasteiger partial charge in [0.25, 0.3) is 5.69 Å². The molecule has 1 heterocycles. The van der Waals surface area contributed by atoms with Crippen LogP contribution in [-0.2, 0) is 6.18 Å². The molecule has 121 valence electrons. The standard InChI is InChI=1S/C16H8F3N2O3/c17-16(18,19)12-6-4-10(5-7-12)15-20-9-14(24-15)11-2-1-3-13(8-11)21(22)23/h1-8H. The second kappa shape index (κ2) is 5.80. The summed E-state index contributed by atoms with van der Waals surface area (Å²) in [6.07, 6.45) is -1.85. The Morgan fingerprint density at radius 1 is 1.08 bits per heavy atom. The van der Waals surface area contributed by atoms with Crippen molar-refractivity contribution in [3.05, 3.63) is 70.4 Å². The number of nitro benzene ring substituents is 1. The predicted molar refractivity (Wildman–Crippen MR) is 77.9 cm³/mol. The Kier molecular flexibility index (Phi) is 3.80. The molecule has 8 heteroatoms. The second-order valence-electron chi connectivity index (χ2n) is 4.84. The zero-order valence-electron chi connectivity index (χ0n) is 11.9. The van der Waals surface area contributed by atoms with Gasteiger partial charge in [-0.25, -0.2) is 4.98 Å². The Hall–Kier alpha value is -3.16. The van der Waals surface area contributed by atoms with E-state index in [9.17, 15) is 23.3 Å². The Bertz CT molecular complexity index is 886. The van der Waals surface area contributed by atoms with E-state index in [2.05, 4.69) is 11.2 Å². The van der Waals surface area contributed by atoms with Crippen molar-refractivity contribution in [2.75, 3.05) is 0 Å². The molecular formula is C16H8F3N2O3. The Labute approximate surface area is 133 Å². The smallest absolute Gasteiger partial charge is 0.416 e. The molecule has 0 atom stereocenters. The molecule has 0 unspecified atom stereocenters. The summed E-state index contributed by atoms with van der Waals surface area (Å²) in [5.41, 5.74) is -0.153. The summed E-state index contributed by atoms with van der Waals surface area (Å²) in [4.78, 5) is 14.1. The molecule has 5 nitrogen and oxygen atoms in total. The molecule has 0 N–H and O–H groups in total. The summed E-state index contributed by atoms with van der Waals surface area (Å²) in [7, 11) is 0. The lowest BCUT2D eigenvalue weighted by atomic mass is 10.1. The quantitative estimate of drug-likeness (QED) is 0.513. The molecule has 0 aliphatic rings. The first-order valence-corrected chi connectivity index (χ1v) is 6.65. The van der Waals surface area contributed by atoms with E-state index in [0.717, 1.165) is 12.1 Å². The number of non-ortho nitro benzene ring substituents is 1. The van der Waals surface area contributed by atoms with E-state index in [4.69, 9.17) is 4.42 Å². The number of nitro groups is 1. The average molecular weight is 333 g/mol. The predicted octanol–water partition coefficient (Wildman–Crippen LogP) is 4.74. The molecule has 2 aromatic carbocycles. The summed E-state index contributed by atoms with van der Waals surface area (Å²) < 4.78 is 43.1. The topological polar surface area (TPSA) is 69.2 Å². The van der Waals surface area contributed by atoms with E-state index in [1.54, 1.807) is 6.07 Å². The molecule has 3 rings (SSSR count). The zero-order chi connectivity index (χ0) is 17.3. The fourth-order valence-corrected chi connectivity index (χ4v) is 2.05. The van der Waals surface area contributed by atoms with Crippen LogP contribution < -0.4 is 0 Å². The van der Waals surface area contributed by atoms with E-state index >= 15 is 0 Å². The van der Waals surface area contributed by atoms with Gasteiger partial charge in [0.2, 0.25) is 5.89 Å². The first-order valence-electron chi connectivity index (χ1n) is 6.65. The highest BCUT2D eigenvalue weighted by atomic mass is 19.4. The zero-order valence-corrected chi connectivity index (χ0v) is 11.9. The molecule has 0 amide bonds. The third-order valence-electron chi connectivity index (χ3n) is 3.24. The van der Waals surface area contributed by atoms with Crippen molar-refractivity contribution in [3.63, 3.8) is 0 Å². The van der Waals surface area contributed by atoms with Crippen molar-refractivity contribution in [3.8, 4) is 22.8 Å². The molecule has 24 heavy (non-hydrogen) atoms. The lowest BCUT2D eigenvalue weighted by Gasteiger charge is -2.06. The lowest BCUT2D eigenvalue weighted by molar-refractivity contribution is -0.384. The number of rotatable bonds is 3. The fraction of sp³-hybridized carbons (Fsp3) is 0.0625. The van der Waals surface area contributed by atoms with Gasteiger partial charge in [0.1, 0.15) is 6.20 Å². The first-order chi connectivity index (χ1) is 11.3. The highest BCUT2D eigenvalue weighted by Gasteiger charge is 2.30. The molecule has 3 aromatic rings. The molecule has 0 saturated heterocycles. The summed E-state index contributed by atoms with van der Waals surface area (Å²) in [5, 5.41) is 10.8. The number of benzene rings is 2. The summed E-state index contributed by atoms with van der Waals surface area (Å²) >= 11 is 0. The Morgan fingerprint density at radius 3 is 2.42 bits per heavy atom. The minimum atomic E-state index is -4.42. The number of nitrogens with zero attached hydrogens (tertiary/aromatic N) is 2. The fourth-order valence-electron chi connectivity index (χ4n) is 2.05. The molecule has 0 saturated carbocycles. The van der Waals surface area contributed by atoms with Gasteiger partial charge in [0.15, 0.2) is 5.76 Å². The maximum absolute atomic E-state index is 12.6. The summed E-state index contributed by atoms with van der Waals surface area (Å²) in [5.74, 6) is 0.235. The molecule has 0 bridgehead atoms. The van der Waals surface area contributed by atoms with Gasteiger partial charge in [-0.3, -0.25) is 10.1 Å². The van der Waals surface area contributed by atoms with Crippen LogP contribution in [0.25, 0.3) is 22.8 Å². The number of aromatic nitrogens is 1. The number of halogens is 3. The van der Waals surface area contributed by atoms with Crippen LogP contribution >= 0.6 is 0 Å². The van der Waals surface area contributed by atoms with E-state index in [-0.39, 0.29) is 17.3 Å². The van der Waals surface area contributed by atoms with Crippen LogP contribution in [0.5, 0.6) is 0 Å². The van der Waals surface area contributed by atoms with Crippen LogP contribution in [0.15, 0.2) is 52.9 Å². The Balaban J connectivity index is 1.91. The van der Waals surface area contributed by atoms with Gasteiger partial charge in [0.05, 0.1) is 10.5 Å². The SMILES string of the molecule is O=[N+]([O-])c1cccc(-c2[c]nc(-c3ccc(C(F)(F)F)cc3)o2)c1. The molecule has 0 spiro atoms. The van der Waals surface area contributed by atoms with E-state index < -0.39 is 16.7 Å². The Morgan fingerprint density at radius 2 is 1.79 bits per heavy atom. The highest BCUT2D eigenvalue weighted by Crippen LogP contribution is 2.32. The minimum Gasteiger partial charge on any atom is -0.435 e. The molecule has 0 fully saturated rings. The largest absolute Gasteiger partial charge is 0.435 e. The molecule has 1 aromatic heterocycles. The van der Waals surface area contributed by atoms with E-state index in [0.29, 0.717) is 11.1 Å². The van der Waals surface area contributed by atoms with Crippen LogP contribution in [0.2, 0.25) is 0 Å².